The molecule has 94 valence electrons. The number of nitrogens with two attached hydrogens (primary N) is 1. The Bertz CT molecular complexity index is 408. The van der Waals surface area contributed by atoms with Crippen molar-refractivity contribution in [1.29, 1.82) is 0 Å². The Balaban J connectivity index is 2.56. The predicted octanol–water partition coefficient (Wildman–Crippen LogP) is 1.87. The third-order valence-corrected chi connectivity index (χ3v) is 2.09. The lowest BCUT2D eigenvalue weighted by molar-refractivity contribution is -0.124. The average molecular weight is 236 g/mol. The third kappa shape index (κ3) is 4.76. The second-order valence-corrected chi connectivity index (χ2v) is 5.11. The molecular formula is C13H20N2O2. The van der Waals surface area contributed by atoms with Gasteiger partial charge in [-0.05, 0) is 39.3 Å². The van der Waals surface area contributed by atoms with Gasteiger partial charge >= 0.3 is 0 Å². The van der Waals surface area contributed by atoms with Gasteiger partial charge in [-0.2, -0.15) is 0 Å². The number of carbonyl (C=O) groups excluding carboxylic acids is 1. The molecule has 1 aromatic carbocycles. The lowest BCUT2D eigenvalue weighted by Gasteiger charge is -2.20. The maximum absolute atomic E-state index is 11.6. The van der Waals surface area contributed by atoms with E-state index in [1.54, 1.807) is 12.1 Å². The van der Waals surface area contributed by atoms with Gasteiger partial charge in [0.25, 0.3) is 5.91 Å². The molecule has 0 saturated carbocycles. The van der Waals surface area contributed by atoms with E-state index in [1.807, 2.05) is 33.8 Å². The summed E-state index contributed by atoms with van der Waals surface area (Å²) in [7, 11) is 0. The topological polar surface area (TPSA) is 64.3 Å². The van der Waals surface area contributed by atoms with Crippen LogP contribution in [-0.4, -0.2) is 18.1 Å². The Hall–Kier alpha value is -1.71. The van der Waals surface area contributed by atoms with Crippen LogP contribution in [0.2, 0.25) is 0 Å². The zero-order valence-electron chi connectivity index (χ0n) is 10.8. The first-order valence-electron chi connectivity index (χ1n) is 5.58. The van der Waals surface area contributed by atoms with Crippen LogP contribution in [0.3, 0.4) is 0 Å². The van der Waals surface area contributed by atoms with Crippen molar-refractivity contribution in [3.05, 3.63) is 23.8 Å². The molecule has 1 aromatic rings. The summed E-state index contributed by atoms with van der Waals surface area (Å²) in [6.45, 7) is 7.70. The number of rotatable bonds is 3. The minimum Gasteiger partial charge on any atom is -0.483 e. The number of carbonyl (C=O) groups is 1. The van der Waals surface area contributed by atoms with E-state index in [4.69, 9.17) is 10.5 Å². The van der Waals surface area contributed by atoms with Gasteiger partial charge in [-0.3, -0.25) is 4.79 Å². The van der Waals surface area contributed by atoms with Gasteiger partial charge in [0.05, 0.1) is 0 Å². The number of amides is 1. The highest BCUT2D eigenvalue weighted by Crippen LogP contribution is 2.20. The van der Waals surface area contributed by atoms with Gasteiger partial charge in [-0.15, -0.1) is 0 Å². The third-order valence-electron chi connectivity index (χ3n) is 2.09. The monoisotopic (exact) mass is 236 g/mol. The van der Waals surface area contributed by atoms with Gasteiger partial charge in [0.1, 0.15) is 5.75 Å². The average Bonchev–Trinajstić information content (AvgIpc) is 2.17. The van der Waals surface area contributed by atoms with Gasteiger partial charge < -0.3 is 15.8 Å². The molecule has 0 atom stereocenters. The minimum atomic E-state index is -0.245. The van der Waals surface area contributed by atoms with Crippen molar-refractivity contribution in [2.75, 3.05) is 12.3 Å². The molecule has 0 saturated heterocycles. The highest BCUT2D eigenvalue weighted by Gasteiger charge is 2.14. The first-order valence-corrected chi connectivity index (χ1v) is 5.58. The van der Waals surface area contributed by atoms with E-state index in [2.05, 4.69) is 5.32 Å². The summed E-state index contributed by atoms with van der Waals surface area (Å²) >= 11 is 0. The smallest absolute Gasteiger partial charge is 0.258 e. The number of nitrogens with one attached hydrogen (secondary N) is 1. The van der Waals surface area contributed by atoms with Crippen LogP contribution in [0.5, 0.6) is 5.75 Å². The largest absolute Gasteiger partial charge is 0.483 e. The summed E-state index contributed by atoms with van der Waals surface area (Å²) in [6, 6.07) is 5.39. The SMILES string of the molecule is Cc1ccc(N)cc1OCC(=O)NC(C)(C)C. The fourth-order valence-corrected chi connectivity index (χ4v) is 1.37. The summed E-state index contributed by atoms with van der Waals surface area (Å²) in [5.41, 5.74) is 7.00. The van der Waals surface area contributed by atoms with Crippen LogP contribution in [0.4, 0.5) is 5.69 Å². The van der Waals surface area contributed by atoms with Crippen molar-refractivity contribution >= 4 is 11.6 Å². The summed E-state index contributed by atoms with van der Waals surface area (Å²) < 4.78 is 5.43. The van der Waals surface area contributed by atoms with E-state index in [1.165, 1.54) is 0 Å². The van der Waals surface area contributed by atoms with Crippen LogP contribution in [-0.2, 0) is 4.79 Å². The first-order chi connectivity index (χ1) is 7.78. The van der Waals surface area contributed by atoms with Crippen molar-refractivity contribution in [3.63, 3.8) is 0 Å². The number of nitrogen functional groups attached to an aromatic ring is 1. The molecule has 0 fully saturated rings. The predicted molar refractivity (Wildman–Crippen MR) is 69.0 cm³/mol. The molecule has 0 radical (unpaired) electrons. The van der Waals surface area contributed by atoms with Crippen molar-refractivity contribution in [2.45, 2.75) is 33.2 Å². The molecule has 4 heteroatoms. The van der Waals surface area contributed by atoms with Gasteiger partial charge in [-0.1, -0.05) is 6.07 Å². The number of aryl methyl sites for hydroxylation is 1. The van der Waals surface area contributed by atoms with Gasteiger partial charge in [0, 0.05) is 17.3 Å². The quantitative estimate of drug-likeness (QED) is 0.787. The van der Waals surface area contributed by atoms with Gasteiger partial charge in [-0.25, -0.2) is 0 Å². The van der Waals surface area contributed by atoms with Crippen molar-refractivity contribution < 1.29 is 9.53 Å². The van der Waals surface area contributed by atoms with E-state index < -0.39 is 0 Å². The Labute approximate surface area is 102 Å². The Morgan fingerprint density at radius 3 is 2.65 bits per heavy atom. The molecule has 0 aliphatic heterocycles. The van der Waals surface area contributed by atoms with Crippen LogP contribution in [0.25, 0.3) is 0 Å². The molecular weight excluding hydrogens is 216 g/mol. The lowest BCUT2D eigenvalue weighted by atomic mass is 10.1. The molecule has 0 bridgehead atoms. The highest BCUT2D eigenvalue weighted by atomic mass is 16.5. The number of benzene rings is 1. The molecule has 1 rings (SSSR count). The Morgan fingerprint density at radius 1 is 1.41 bits per heavy atom. The summed E-state index contributed by atoms with van der Waals surface area (Å²) in [4.78, 5) is 11.6. The molecule has 1 amide bonds. The van der Waals surface area contributed by atoms with Gasteiger partial charge in [0.15, 0.2) is 6.61 Å². The van der Waals surface area contributed by atoms with Crippen molar-refractivity contribution in [1.82, 2.24) is 5.32 Å². The fraction of sp³-hybridized carbons (Fsp3) is 0.462. The molecule has 0 unspecified atom stereocenters. The number of anilines is 1. The lowest BCUT2D eigenvalue weighted by Crippen LogP contribution is -2.43. The second-order valence-electron chi connectivity index (χ2n) is 5.11. The van der Waals surface area contributed by atoms with E-state index >= 15 is 0 Å². The first kappa shape index (κ1) is 13.4. The zero-order valence-corrected chi connectivity index (χ0v) is 10.8. The molecule has 0 aromatic heterocycles. The van der Waals surface area contributed by atoms with E-state index in [9.17, 15) is 4.79 Å². The van der Waals surface area contributed by atoms with Crippen LogP contribution in [0.15, 0.2) is 18.2 Å². The normalized spacial score (nSPS) is 11.1. The summed E-state index contributed by atoms with van der Waals surface area (Å²) in [6.07, 6.45) is 0. The van der Waals surface area contributed by atoms with Gasteiger partial charge in [0.2, 0.25) is 0 Å². The number of ether oxygens (including phenoxy) is 1. The maximum atomic E-state index is 11.6. The van der Waals surface area contributed by atoms with E-state index in [0.29, 0.717) is 11.4 Å². The van der Waals surface area contributed by atoms with Crippen LogP contribution >= 0.6 is 0 Å². The highest BCUT2D eigenvalue weighted by molar-refractivity contribution is 5.78. The van der Waals surface area contributed by atoms with Crippen LogP contribution < -0.4 is 15.8 Å². The summed E-state index contributed by atoms with van der Waals surface area (Å²) in [5, 5.41) is 2.83. The van der Waals surface area contributed by atoms with Crippen molar-refractivity contribution in [3.8, 4) is 5.75 Å². The molecule has 0 aliphatic carbocycles. The number of hydrogen-bond donors (Lipinski definition) is 2. The zero-order chi connectivity index (χ0) is 13.1. The maximum Gasteiger partial charge on any atom is 0.258 e. The molecule has 0 aliphatic rings. The number of hydrogen-bond acceptors (Lipinski definition) is 3. The van der Waals surface area contributed by atoms with Crippen molar-refractivity contribution in [2.24, 2.45) is 0 Å². The molecule has 0 spiro atoms. The Morgan fingerprint density at radius 2 is 2.06 bits per heavy atom. The summed E-state index contributed by atoms with van der Waals surface area (Å²) in [5.74, 6) is 0.508. The standard InChI is InChI=1S/C13H20N2O2/c1-9-5-6-10(14)7-11(9)17-8-12(16)15-13(2,3)4/h5-7H,8,14H2,1-4H3,(H,15,16). The molecule has 0 heterocycles. The molecule has 17 heavy (non-hydrogen) atoms. The second kappa shape index (κ2) is 5.08. The Kier molecular flexibility index (Phi) is 3.99. The van der Waals surface area contributed by atoms with E-state index in [-0.39, 0.29) is 18.1 Å². The molecule has 4 nitrogen and oxygen atoms in total. The minimum absolute atomic E-state index is 0.00155. The molecule has 3 N–H and O–H groups in total. The van der Waals surface area contributed by atoms with E-state index in [0.717, 1.165) is 5.56 Å². The van der Waals surface area contributed by atoms with Crippen LogP contribution in [0.1, 0.15) is 26.3 Å². The fourth-order valence-electron chi connectivity index (χ4n) is 1.37. The van der Waals surface area contributed by atoms with Crippen LogP contribution in [0, 0.1) is 6.92 Å².